The first-order chi connectivity index (χ1) is 15.4. The highest BCUT2D eigenvalue weighted by molar-refractivity contribution is 7.98. The SMILES string of the molecule is CSc1ccc(/C=N/NC(=O)c2c(Cl)c(Cl)c(Cl)c(Cl)c2-c2nc3ccccc3[nH]2)cc1. The number of hydrazone groups is 1. The maximum absolute atomic E-state index is 13.1. The quantitative estimate of drug-likeness (QED) is 0.0945. The van der Waals surface area contributed by atoms with Crippen LogP contribution in [0.15, 0.2) is 58.5 Å². The van der Waals surface area contributed by atoms with E-state index in [-0.39, 0.29) is 31.2 Å². The number of carbonyl (C=O) groups is 1. The number of halogens is 4. The number of aromatic amines is 1. The van der Waals surface area contributed by atoms with Gasteiger partial charge in [-0.25, -0.2) is 10.4 Å². The number of thioether (sulfide) groups is 1. The van der Waals surface area contributed by atoms with Gasteiger partial charge in [0.05, 0.1) is 48.5 Å². The Bertz CT molecular complexity index is 1320. The molecule has 0 saturated heterocycles. The molecule has 2 N–H and O–H groups in total. The summed E-state index contributed by atoms with van der Waals surface area (Å²) in [5, 5.41) is 4.05. The third-order valence-corrected chi connectivity index (χ3v) is 7.16. The highest BCUT2D eigenvalue weighted by Gasteiger charge is 2.27. The smallest absolute Gasteiger partial charge is 0.273 e. The Hall–Kier alpha value is -2.22. The van der Waals surface area contributed by atoms with Crippen LogP contribution >= 0.6 is 58.2 Å². The molecule has 0 unspecified atom stereocenters. The summed E-state index contributed by atoms with van der Waals surface area (Å²) >= 11 is 27.0. The Morgan fingerprint density at radius 1 is 1.00 bits per heavy atom. The highest BCUT2D eigenvalue weighted by atomic mass is 35.5. The van der Waals surface area contributed by atoms with Gasteiger partial charge in [0.15, 0.2) is 0 Å². The van der Waals surface area contributed by atoms with Crippen molar-refractivity contribution in [3.63, 3.8) is 0 Å². The molecular formula is C22H14Cl4N4OS. The average Bonchev–Trinajstić information content (AvgIpc) is 3.24. The van der Waals surface area contributed by atoms with E-state index in [1.54, 1.807) is 11.8 Å². The fourth-order valence-electron chi connectivity index (χ4n) is 3.05. The summed E-state index contributed by atoms with van der Waals surface area (Å²) in [6.45, 7) is 0. The van der Waals surface area contributed by atoms with E-state index < -0.39 is 5.91 Å². The molecule has 0 atom stereocenters. The summed E-state index contributed by atoms with van der Waals surface area (Å²) in [5.74, 6) is -0.277. The number of hydrogen-bond donors (Lipinski definition) is 2. The third kappa shape index (κ3) is 4.47. The highest BCUT2D eigenvalue weighted by Crippen LogP contribution is 2.45. The van der Waals surface area contributed by atoms with Crippen LogP contribution in [-0.4, -0.2) is 28.3 Å². The van der Waals surface area contributed by atoms with Crippen LogP contribution in [0.2, 0.25) is 20.1 Å². The Morgan fingerprint density at radius 2 is 1.69 bits per heavy atom. The molecule has 10 heteroatoms. The van der Waals surface area contributed by atoms with Gasteiger partial charge in [0, 0.05) is 4.90 Å². The van der Waals surface area contributed by atoms with Gasteiger partial charge in [-0.15, -0.1) is 11.8 Å². The van der Waals surface area contributed by atoms with Crippen molar-refractivity contribution in [3.8, 4) is 11.4 Å². The van der Waals surface area contributed by atoms with Crippen LogP contribution in [0.1, 0.15) is 15.9 Å². The molecule has 4 rings (SSSR count). The molecule has 0 fully saturated rings. The first-order valence-electron chi connectivity index (χ1n) is 9.19. The van der Waals surface area contributed by atoms with E-state index in [2.05, 4.69) is 20.5 Å². The van der Waals surface area contributed by atoms with E-state index >= 15 is 0 Å². The lowest BCUT2D eigenvalue weighted by Gasteiger charge is -2.14. The number of H-pyrrole nitrogens is 1. The van der Waals surface area contributed by atoms with Crippen molar-refractivity contribution in [1.82, 2.24) is 15.4 Å². The Balaban J connectivity index is 1.73. The fraction of sp³-hybridized carbons (Fsp3) is 0.0455. The Morgan fingerprint density at radius 3 is 2.38 bits per heavy atom. The van der Waals surface area contributed by atoms with Gasteiger partial charge in [-0.1, -0.05) is 70.7 Å². The van der Waals surface area contributed by atoms with Crippen LogP contribution < -0.4 is 5.43 Å². The second-order valence-electron chi connectivity index (χ2n) is 6.58. The molecule has 162 valence electrons. The van der Waals surface area contributed by atoms with E-state index in [0.717, 1.165) is 16.0 Å². The van der Waals surface area contributed by atoms with Crippen molar-refractivity contribution in [3.05, 3.63) is 79.7 Å². The van der Waals surface area contributed by atoms with Gasteiger partial charge >= 0.3 is 0 Å². The van der Waals surface area contributed by atoms with Gasteiger partial charge in [0.2, 0.25) is 0 Å². The molecule has 1 amide bonds. The van der Waals surface area contributed by atoms with Gasteiger partial charge in [0.1, 0.15) is 5.82 Å². The average molecular weight is 524 g/mol. The molecule has 4 aromatic rings. The topological polar surface area (TPSA) is 70.1 Å². The van der Waals surface area contributed by atoms with Crippen molar-refractivity contribution in [2.45, 2.75) is 4.90 Å². The second kappa shape index (κ2) is 9.73. The van der Waals surface area contributed by atoms with Crippen LogP contribution in [0, 0.1) is 0 Å². The van der Waals surface area contributed by atoms with E-state index in [0.29, 0.717) is 11.3 Å². The van der Waals surface area contributed by atoms with Crippen LogP contribution in [0.5, 0.6) is 0 Å². The number of para-hydroxylation sites is 2. The number of nitrogens with zero attached hydrogens (tertiary/aromatic N) is 2. The number of nitrogens with one attached hydrogen (secondary N) is 2. The largest absolute Gasteiger partial charge is 0.338 e. The molecule has 0 aliphatic rings. The van der Waals surface area contributed by atoms with E-state index in [1.807, 2.05) is 54.8 Å². The summed E-state index contributed by atoms with van der Waals surface area (Å²) in [7, 11) is 0. The molecule has 1 heterocycles. The minimum Gasteiger partial charge on any atom is -0.338 e. The van der Waals surface area contributed by atoms with Crippen molar-refractivity contribution in [2.75, 3.05) is 6.26 Å². The molecule has 0 radical (unpaired) electrons. The van der Waals surface area contributed by atoms with Gasteiger partial charge in [0.25, 0.3) is 5.91 Å². The lowest BCUT2D eigenvalue weighted by atomic mass is 10.1. The molecule has 0 aliphatic carbocycles. The van der Waals surface area contributed by atoms with E-state index in [1.165, 1.54) is 6.21 Å². The summed E-state index contributed by atoms with van der Waals surface area (Å²) in [4.78, 5) is 21.9. The van der Waals surface area contributed by atoms with Crippen molar-refractivity contribution in [2.24, 2.45) is 5.10 Å². The maximum Gasteiger partial charge on any atom is 0.273 e. The minimum atomic E-state index is -0.608. The summed E-state index contributed by atoms with van der Waals surface area (Å²) in [5.41, 5.74) is 5.00. The lowest BCUT2D eigenvalue weighted by molar-refractivity contribution is 0.0956. The maximum atomic E-state index is 13.1. The molecule has 0 spiro atoms. The molecule has 3 aromatic carbocycles. The number of amides is 1. The monoisotopic (exact) mass is 522 g/mol. The predicted molar refractivity (Wildman–Crippen MR) is 135 cm³/mol. The van der Waals surface area contributed by atoms with Crippen LogP contribution in [0.25, 0.3) is 22.4 Å². The number of rotatable bonds is 5. The summed E-state index contributed by atoms with van der Waals surface area (Å²) < 4.78 is 0. The van der Waals surface area contributed by atoms with Crippen molar-refractivity contribution in [1.29, 1.82) is 0 Å². The Kier molecular flexibility index (Phi) is 6.98. The number of fused-ring (bicyclic) bond motifs is 1. The standard InChI is InChI=1S/C22H14Cl4N4OS/c1-32-12-8-6-11(7-9-12)10-27-30-22(31)16-15(17(23)19(25)20(26)18(16)24)21-28-13-4-2-3-5-14(13)29-21/h2-10H,1H3,(H,28,29)(H,30,31)/b27-10+. The molecule has 0 saturated carbocycles. The summed E-state index contributed by atoms with van der Waals surface area (Å²) in [6, 6.07) is 15.1. The van der Waals surface area contributed by atoms with E-state index in [4.69, 9.17) is 46.4 Å². The number of carbonyl (C=O) groups excluding carboxylic acids is 1. The van der Waals surface area contributed by atoms with Crippen LogP contribution in [-0.2, 0) is 0 Å². The summed E-state index contributed by atoms with van der Waals surface area (Å²) in [6.07, 6.45) is 3.52. The predicted octanol–water partition coefficient (Wildman–Crippen LogP) is 7.33. The van der Waals surface area contributed by atoms with Crippen LogP contribution in [0.4, 0.5) is 0 Å². The minimum absolute atomic E-state index is 0.0139. The number of aromatic nitrogens is 2. The fourth-order valence-corrected chi connectivity index (χ4v) is 4.49. The van der Waals surface area contributed by atoms with Gasteiger partial charge in [-0.3, -0.25) is 4.79 Å². The first kappa shape index (κ1) is 23.0. The van der Waals surface area contributed by atoms with Crippen molar-refractivity contribution >= 4 is 81.3 Å². The molecular weight excluding hydrogens is 510 g/mol. The molecule has 1 aromatic heterocycles. The molecule has 5 nitrogen and oxygen atoms in total. The van der Waals surface area contributed by atoms with E-state index in [9.17, 15) is 4.79 Å². The number of imidazole rings is 1. The van der Waals surface area contributed by atoms with Crippen LogP contribution in [0.3, 0.4) is 0 Å². The second-order valence-corrected chi connectivity index (χ2v) is 8.97. The zero-order valence-corrected chi connectivity index (χ0v) is 20.3. The number of benzene rings is 3. The normalized spacial score (nSPS) is 11.4. The lowest BCUT2D eigenvalue weighted by Crippen LogP contribution is -2.20. The van der Waals surface area contributed by atoms with Gasteiger partial charge in [-0.05, 0) is 36.1 Å². The van der Waals surface area contributed by atoms with Gasteiger partial charge < -0.3 is 4.98 Å². The molecule has 0 aliphatic heterocycles. The van der Waals surface area contributed by atoms with Crippen molar-refractivity contribution < 1.29 is 4.79 Å². The third-order valence-electron chi connectivity index (χ3n) is 4.62. The molecule has 32 heavy (non-hydrogen) atoms. The zero-order valence-electron chi connectivity index (χ0n) is 16.4. The van der Waals surface area contributed by atoms with Gasteiger partial charge in [-0.2, -0.15) is 5.10 Å². The number of hydrogen-bond acceptors (Lipinski definition) is 4. The Labute approximate surface area is 208 Å². The molecule has 0 bridgehead atoms. The first-order valence-corrected chi connectivity index (χ1v) is 11.9. The zero-order chi connectivity index (χ0) is 22.8.